The summed E-state index contributed by atoms with van der Waals surface area (Å²) in [7, 11) is 0. The fourth-order valence-electron chi connectivity index (χ4n) is 1.41. The van der Waals surface area contributed by atoms with Crippen LogP contribution in [0.25, 0.3) is 0 Å². The first-order valence-electron chi connectivity index (χ1n) is 4.96. The van der Waals surface area contributed by atoms with E-state index >= 15 is 0 Å². The van der Waals surface area contributed by atoms with Crippen LogP contribution in [0.2, 0.25) is 0 Å². The summed E-state index contributed by atoms with van der Waals surface area (Å²) in [6.07, 6.45) is 2.53. The second kappa shape index (κ2) is 4.90. The van der Waals surface area contributed by atoms with Crippen LogP contribution in [0.5, 0.6) is 0 Å². The molecule has 0 atom stereocenters. The minimum atomic E-state index is -2.61. The zero-order chi connectivity index (χ0) is 12.3. The second-order valence-corrected chi connectivity index (χ2v) is 3.39. The maximum atomic E-state index is 12.6. The monoisotopic (exact) mass is 241 g/mol. The molecule has 6 heteroatoms. The molecule has 17 heavy (non-hydrogen) atoms. The summed E-state index contributed by atoms with van der Waals surface area (Å²) in [6.45, 7) is -2.45. The molecule has 1 aromatic heterocycles. The standard InChI is InChI=1S/C11H10F3N3/c12-8-1-3-9(4-2-8)16-7-10-15-5-6-17(10)11(13)14/h1-6,11,16H,7H2. The van der Waals surface area contributed by atoms with E-state index in [-0.39, 0.29) is 18.2 Å². The van der Waals surface area contributed by atoms with Gasteiger partial charge < -0.3 is 5.32 Å². The number of hydrogen-bond acceptors (Lipinski definition) is 2. The molecule has 2 aromatic rings. The number of imidazole rings is 1. The van der Waals surface area contributed by atoms with Gasteiger partial charge in [-0.15, -0.1) is 0 Å². The van der Waals surface area contributed by atoms with E-state index in [2.05, 4.69) is 10.3 Å². The topological polar surface area (TPSA) is 29.9 Å². The van der Waals surface area contributed by atoms with Gasteiger partial charge in [0.25, 0.3) is 0 Å². The van der Waals surface area contributed by atoms with Crippen LogP contribution in [0.1, 0.15) is 12.4 Å². The number of rotatable bonds is 4. The number of hydrogen-bond donors (Lipinski definition) is 1. The predicted molar refractivity (Wildman–Crippen MR) is 57.2 cm³/mol. The Morgan fingerprint density at radius 3 is 2.59 bits per heavy atom. The van der Waals surface area contributed by atoms with Gasteiger partial charge in [0.1, 0.15) is 11.6 Å². The fraction of sp³-hybridized carbons (Fsp3) is 0.182. The molecular weight excluding hydrogens is 231 g/mol. The molecule has 0 aliphatic rings. The molecule has 0 spiro atoms. The van der Waals surface area contributed by atoms with Crippen LogP contribution in [0.3, 0.4) is 0 Å². The van der Waals surface area contributed by atoms with Crippen LogP contribution in [-0.4, -0.2) is 9.55 Å². The van der Waals surface area contributed by atoms with Crippen LogP contribution < -0.4 is 5.32 Å². The first kappa shape index (κ1) is 11.5. The Balaban J connectivity index is 2.02. The SMILES string of the molecule is Fc1ccc(NCc2nccn2C(F)F)cc1. The van der Waals surface area contributed by atoms with E-state index < -0.39 is 6.55 Å². The molecule has 0 radical (unpaired) electrons. The van der Waals surface area contributed by atoms with Crippen LogP contribution in [0.4, 0.5) is 18.9 Å². The molecule has 90 valence electrons. The molecular formula is C11H10F3N3. The van der Waals surface area contributed by atoms with Crippen molar-refractivity contribution in [2.24, 2.45) is 0 Å². The quantitative estimate of drug-likeness (QED) is 0.891. The van der Waals surface area contributed by atoms with Crippen molar-refractivity contribution in [3.63, 3.8) is 0 Å². The lowest BCUT2D eigenvalue weighted by molar-refractivity contribution is 0.0673. The summed E-state index contributed by atoms with van der Waals surface area (Å²) in [5.41, 5.74) is 0.648. The average molecular weight is 241 g/mol. The molecule has 0 aliphatic heterocycles. The van der Waals surface area contributed by atoms with Crippen molar-refractivity contribution in [3.05, 3.63) is 48.3 Å². The van der Waals surface area contributed by atoms with Gasteiger partial charge in [0.15, 0.2) is 0 Å². The zero-order valence-corrected chi connectivity index (χ0v) is 8.78. The molecule has 0 aliphatic carbocycles. The van der Waals surface area contributed by atoms with Gasteiger partial charge in [0, 0.05) is 18.1 Å². The molecule has 1 N–H and O–H groups in total. The Hall–Kier alpha value is -1.98. The number of nitrogens with zero attached hydrogens (tertiary/aromatic N) is 2. The van der Waals surface area contributed by atoms with Gasteiger partial charge in [0.2, 0.25) is 0 Å². The summed E-state index contributed by atoms with van der Waals surface area (Å²) in [4.78, 5) is 3.82. The minimum Gasteiger partial charge on any atom is -0.378 e. The first-order valence-corrected chi connectivity index (χ1v) is 4.96. The number of alkyl halides is 2. The molecule has 0 saturated heterocycles. The summed E-state index contributed by atoms with van der Waals surface area (Å²) < 4.78 is 38.4. The van der Waals surface area contributed by atoms with Crippen molar-refractivity contribution in [2.75, 3.05) is 5.32 Å². The molecule has 0 saturated carbocycles. The third-order valence-electron chi connectivity index (χ3n) is 2.25. The van der Waals surface area contributed by atoms with Gasteiger partial charge in [-0.1, -0.05) is 0 Å². The molecule has 1 heterocycles. The summed E-state index contributed by atoms with van der Waals surface area (Å²) in [5.74, 6) is -0.117. The highest BCUT2D eigenvalue weighted by Gasteiger charge is 2.10. The van der Waals surface area contributed by atoms with Crippen molar-refractivity contribution in [1.82, 2.24) is 9.55 Å². The van der Waals surface area contributed by atoms with E-state index in [1.54, 1.807) is 0 Å². The highest BCUT2D eigenvalue weighted by Crippen LogP contribution is 2.14. The lowest BCUT2D eigenvalue weighted by atomic mass is 10.3. The summed E-state index contributed by atoms with van der Waals surface area (Å²) >= 11 is 0. The van der Waals surface area contributed by atoms with E-state index in [1.165, 1.54) is 36.7 Å². The third-order valence-corrected chi connectivity index (χ3v) is 2.25. The van der Waals surface area contributed by atoms with Gasteiger partial charge in [-0.3, -0.25) is 4.57 Å². The molecule has 3 nitrogen and oxygen atoms in total. The molecule has 1 aromatic carbocycles. The maximum Gasteiger partial charge on any atom is 0.319 e. The largest absolute Gasteiger partial charge is 0.378 e. The van der Waals surface area contributed by atoms with E-state index in [4.69, 9.17) is 0 Å². The van der Waals surface area contributed by atoms with Gasteiger partial charge in [0.05, 0.1) is 6.54 Å². The van der Waals surface area contributed by atoms with E-state index in [1.807, 2.05) is 0 Å². The molecule has 0 unspecified atom stereocenters. The number of halogens is 3. The molecule has 0 amide bonds. The van der Waals surface area contributed by atoms with Crippen molar-refractivity contribution in [1.29, 1.82) is 0 Å². The van der Waals surface area contributed by atoms with Crippen LogP contribution in [0.15, 0.2) is 36.7 Å². The van der Waals surface area contributed by atoms with Crippen molar-refractivity contribution >= 4 is 5.69 Å². The van der Waals surface area contributed by atoms with Crippen molar-refractivity contribution in [2.45, 2.75) is 13.1 Å². The van der Waals surface area contributed by atoms with E-state index in [0.29, 0.717) is 5.69 Å². The molecule has 0 bridgehead atoms. The van der Waals surface area contributed by atoms with Gasteiger partial charge in [-0.2, -0.15) is 8.78 Å². The van der Waals surface area contributed by atoms with Crippen molar-refractivity contribution in [3.8, 4) is 0 Å². The third kappa shape index (κ3) is 2.77. The second-order valence-electron chi connectivity index (χ2n) is 3.39. The average Bonchev–Trinajstić information content (AvgIpc) is 2.76. The van der Waals surface area contributed by atoms with Gasteiger partial charge >= 0.3 is 6.55 Å². The fourth-order valence-corrected chi connectivity index (χ4v) is 1.41. The Morgan fingerprint density at radius 1 is 1.24 bits per heavy atom. The molecule has 2 rings (SSSR count). The van der Waals surface area contributed by atoms with Crippen molar-refractivity contribution < 1.29 is 13.2 Å². The van der Waals surface area contributed by atoms with Crippen LogP contribution in [0, 0.1) is 5.82 Å². The van der Waals surface area contributed by atoms with Gasteiger partial charge in [-0.05, 0) is 24.3 Å². The predicted octanol–water partition coefficient (Wildman–Crippen LogP) is 3.03. The summed E-state index contributed by atoms with van der Waals surface area (Å²) in [5, 5.41) is 2.89. The lowest BCUT2D eigenvalue weighted by Gasteiger charge is -2.08. The zero-order valence-electron chi connectivity index (χ0n) is 8.78. The maximum absolute atomic E-state index is 12.6. The smallest absolute Gasteiger partial charge is 0.319 e. The highest BCUT2D eigenvalue weighted by atomic mass is 19.3. The Bertz CT molecular complexity index is 479. The summed E-state index contributed by atoms with van der Waals surface area (Å²) in [6, 6.07) is 5.65. The number of anilines is 1. The van der Waals surface area contributed by atoms with E-state index in [0.717, 1.165) is 4.57 Å². The number of aromatic nitrogens is 2. The Kier molecular flexibility index (Phi) is 3.32. The Labute approximate surface area is 95.9 Å². The highest BCUT2D eigenvalue weighted by molar-refractivity contribution is 5.42. The number of nitrogens with one attached hydrogen (secondary N) is 1. The number of benzene rings is 1. The van der Waals surface area contributed by atoms with E-state index in [9.17, 15) is 13.2 Å². The van der Waals surface area contributed by atoms with Crippen LogP contribution in [-0.2, 0) is 6.54 Å². The van der Waals surface area contributed by atoms with Gasteiger partial charge in [-0.25, -0.2) is 9.37 Å². The lowest BCUT2D eigenvalue weighted by Crippen LogP contribution is -2.08. The van der Waals surface area contributed by atoms with Crippen LogP contribution >= 0.6 is 0 Å². The normalized spacial score (nSPS) is 10.8. The Morgan fingerprint density at radius 2 is 1.94 bits per heavy atom. The molecule has 0 fully saturated rings. The first-order chi connectivity index (χ1) is 8.16. The minimum absolute atomic E-state index is 0.156.